The number of carbonyl (C=O) groups is 1. The first kappa shape index (κ1) is 13.5. The van der Waals surface area contributed by atoms with E-state index in [2.05, 4.69) is 17.6 Å². The topological polar surface area (TPSA) is 50.4 Å². The van der Waals surface area contributed by atoms with Crippen molar-refractivity contribution in [3.63, 3.8) is 0 Å². The summed E-state index contributed by atoms with van der Waals surface area (Å²) in [6, 6.07) is 6.20. The number of carbonyl (C=O) groups excluding carboxylic acids is 1. The van der Waals surface area contributed by atoms with E-state index in [1.165, 1.54) is 0 Å². The quantitative estimate of drug-likeness (QED) is 0.812. The molecule has 1 atom stereocenters. The third kappa shape index (κ3) is 3.75. The van der Waals surface area contributed by atoms with Crippen LogP contribution in [0.4, 0.5) is 0 Å². The Morgan fingerprint density at radius 2 is 2.12 bits per heavy atom. The maximum atomic E-state index is 11.2. The average Bonchev–Trinajstić information content (AvgIpc) is 2.35. The summed E-state index contributed by atoms with van der Waals surface area (Å²) < 4.78 is 5.54. The molecule has 4 heteroatoms. The first-order valence-electron chi connectivity index (χ1n) is 5.69. The largest absolute Gasteiger partial charge is 0.483 e. The van der Waals surface area contributed by atoms with Gasteiger partial charge in [-0.1, -0.05) is 12.1 Å². The van der Waals surface area contributed by atoms with Gasteiger partial charge in [0, 0.05) is 18.7 Å². The van der Waals surface area contributed by atoms with Crippen LogP contribution in [0, 0.1) is 6.92 Å². The maximum Gasteiger partial charge on any atom is 0.257 e. The lowest BCUT2D eigenvalue weighted by Crippen LogP contribution is -2.25. The van der Waals surface area contributed by atoms with Crippen LogP contribution in [-0.2, 0) is 4.79 Å². The summed E-state index contributed by atoms with van der Waals surface area (Å²) in [6.07, 6.45) is 0. The fourth-order valence-corrected chi connectivity index (χ4v) is 1.50. The molecule has 0 saturated heterocycles. The molecule has 94 valence electrons. The number of hydrogen-bond acceptors (Lipinski definition) is 3. The Kier molecular flexibility index (Phi) is 4.97. The second kappa shape index (κ2) is 6.25. The highest BCUT2D eigenvalue weighted by Crippen LogP contribution is 2.26. The molecule has 0 aliphatic rings. The van der Waals surface area contributed by atoms with Crippen LogP contribution in [0.15, 0.2) is 18.2 Å². The van der Waals surface area contributed by atoms with E-state index >= 15 is 0 Å². The predicted molar refractivity (Wildman–Crippen MR) is 68.2 cm³/mol. The van der Waals surface area contributed by atoms with E-state index in [1.807, 2.05) is 32.2 Å². The van der Waals surface area contributed by atoms with Crippen molar-refractivity contribution in [1.82, 2.24) is 10.6 Å². The molecular weight excluding hydrogens is 216 g/mol. The first-order valence-corrected chi connectivity index (χ1v) is 5.69. The number of nitrogens with one attached hydrogen (secondary N) is 2. The fraction of sp³-hybridized carbons (Fsp3) is 0.462. The van der Waals surface area contributed by atoms with Crippen molar-refractivity contribution in [1.29, 1.82) is 0 Å². The molecule has 0 aliphatic carbocycles. The van der Waals surface area contributed by atoms with Gasteiger partial charge in [0.1, 0.15) is 5.75 Å². The van der Waals surface area contributed by atoms with Crippen LogP contribution in [0.5, 0.6) is 5.75 Å². The van der Waals surface area contributed by atoms with Crippen LogP contribution in [0.2, 0.25) is 0 Å². The maximum absolute atomic E-state index is 11.2. The number of benzene rings is 1. The number of aryl methyl sites for hydroxylation is 1. The molecule has 1 amide bonds. The standard InChI is InChI=1S/C13H20N2O2/c1-9-5-6-11(10(2)14-3)12(7-9)17-8-13(16)15-4/h5-7,10,14H,8H2,1-4H3,(H,15,16). The number of rotatable bonds is 5. The molecule has 0 radical (unpaired) electrons. The number of amides is 1. The highest BCUT2D eigenvalue weighted by molar-refractivity contribution is 5.77. The minimum absolute atomic E-state index is 0.0450. The molecule has 0 spiro atoms. The van der Waals surface area contributed by atoms with Crippen molar-refractivity contribution in [3.8, 4) is 5.75 Å². The Balaban J connectivity index is 2.87. The SMILES string of the molecule is CNC(=O)COc1cc(C)ccc1C(C)NC. The molecule has 0 saturated carbocycles. The van der Waals surface area contributed by atoms with Gasteiger partial charge in [0.25, 0.3) is 5.91 Å². The molecule has 0 aromatic heterocycles. The molecule has 2 N–H and O–H groups in total. The number of hydrogen-bond donors (Lipinski definition) is 2. The Morgan fingerprint density at radius 3 is 2.71 bits per heavy atom. The van der Waals surface area contributed by atoms with Crippen molar-refractivity contribution < 1.29 is 9.53 Å². The Morgan fingerprint density at radius 1 is 1.41 bits per heavy atom. The molecule has 0 heterocycles. The second-order valence-corrected chi connectivity index (χ2v) is 4.01. The van der Waals surface area contributed by atoms with Gasteiger partial charge in [-0.25, -0.2) is 0 Å². The van der Waals surface area contributed by atoms with Gasteiger partial charge in [-0.15, -0.1) is 0 Å². The molecule has 1 rings (SSSR count). The normalized spacial score (nSPS) is 12.0. The summed E-state index contributed by atoms with van der Waals surface area (Å²) in [6.45, 7) is 4.10. The molecule has 0 fully saturated rings. The van der Waals surface area contributed by atoms with E-state index < -0.39 is 0 Å². The molecular formula is C13H20N2O2. The molecule has 17 heavy (non-hydrogen) atoms. The van der Waals surface area contributed by atoms with Gasteiger partial charge in [0.05, 0.1) is 0 Å². The fourth-order valence-electron chi connectivity index (χ4n) is 1.50. The average molecular weight is 236 g/mol. The van der Waals surface area contributed by atoms with Crippen LogP contribution in [0.1, 0.15) is 24.1 Å². The summed E-state index contributed by atoms with van der Waals surface area (Å²) in [7, 11) is 3.49. The van der Waals surface area contributed by atoms with Gasteiger partial charge in [-0.05, 0) is 32.5 Å². The van der Waals surface area contributed by atoms with Gasteiger partial charge < -0.3 is 15.4 Å². The molecule has 1 aromatic rings. The minimum atomic E-state index is -0.130. The summed E-state index contributed by atoms with van der Waals surface area (Å²) in [4.78, 5) is 11.2. The highest BCUT2D eigenvalue weighted by Gasteiger charge is 2.11. The van der Waals surface area contributed by atoms with Crippen LogP contribution in [0.3, 0.4) is 0 Å². The lowest BCUT2D eigenvalue weighted by Gasteiger charge is -2.16. The lowest BCUT2D eigenvalue weighted by molar-refractivity contribution is -0.122. The summed E-state index contributed by atoms with van der Waals surface area (Å²) in [5.41, 5.74) is 2.17. The third-order valence-corrected chi connectivity index (χ3v) is 2.71. The number of ether oxygens (including phenoxy) is 1. The molecule has 0 aliphatic heterocycles. The monoisotopic (exact) mass is 236 g/mol. The van der Waals surface area contributed by atoms with E-state index in [4.69, 9.17) is 4.74 Å². The van der Waals surface area contributed by atoms with Crippen molar-refractivity contribution in [2.75, 3.05) is 20.7 Å². The van der Waals surface area contributed by atoms with E-state index in [1.54, 1.807) is 7.05 Å². The summed E-state index contributed by atoms with van der Waals surface area (Å²) >= 11 is 0. The highest BCUT2D eigenvalue weighted by atomic mass is 16.5. The first-order chi connectivity index (χ1) is 8.08. The lowest BCUT2D eigenvalue weighted by atomic mass is 10.1. The zero-order valence-corrected chi connectivity index (χ0v) is 10.8. The van der Waals surface area contributed by atoms with Crippen molar-refractivity contribution in [2.24, 2.45) is 0 Å². The van der Waals surface area contributed by atoms with Gasteiger partial charge in [0.2, 0.25) is 0 Å². The van der Waals surface area contributed by atoms with E-state index in [0.29, 0.717) is 0 Å². The van der Waals surface area contributed by atoms with Crippen molar-refractivity contribution in [3.05, 3.63) is 29.3 Å². The molecule has 1 aromatic carbocycles. The van der Waals surface area contributed by atoms with Crippen molar-refractivity contribution >= 4 is 5.91 Å². The van der Waals surface area contributed by atoms with E-state index in [-0.39, 0.29) is 18.6 Å². The number of likely N-dealkylation sites (N-methyl/N-ethyl adjacent to an activating group) is 1. The zero-order valence-electron chi connectivity index (χ0n) is 10.8. The second-order valence-electron chi connectivity index (χ2n) is 4.01. The van der Waals surface area contributed by atoms with E-state index in [9.17, 15) is 4.79 Å². The smallest absolute Gasteiger partial charge is 0.257 e. The zero-order chi connectivity index (χ0) is 12.8. The van der Waals surface area contributed by atoms with Gasteiger partial charge in [-0.3, -0.25) is 4.79 Å². The van der Waals surface area contributed by atoms with Gasteiger partial charge in [-0.2, -0.15) is 0 Å². The van der Waals surface area contributed by atoms with Crippen LogP contribution >= 0.6 is 0 Å². The summed E-state index contributed by atoms with van der Waals surface area (Å²) in [5, 5.41) is 5.70. The van der Waals surface area contributed by atoms with E-state index in [0.717, 1.165) is 16.9 Å². The Bertz CT molecular complexity index is 391. The Hall–Kier alpha value is -1.55. The Labute approximate surface area is 102 Å². The molecule has 4 nitrogen and oxygen atoms in total. The summed E-state index contributed by atoms with van der Waals surface area (Å²) in [5.74, 6) is 0.630. The van der Waals surface area contributed by atoms with Gasteiger partial charge in [0.15, 0.2) is 6.61 Å². The van der Waals surface area contributed by atoms with Gasteiger partial charge >= 0.3 is 0 Å². The van der Waals surface area contributed by atoms with Crippen LogP contribution in [-0.4, -0.2) is 26.6 Å². The molecule has 1 unspecified atom stereocenters. The third-order valence-electron chi connectivity index (χ3n) is 2.71. The van der Waals surface area contributed by atoms with Crippen LogP contribution in [0.25, 0.3) is 0 Å². The van der Waals surface area contributed by atoms with Crippen LogP contribution < -0.4 is 15.4 Å². The van der Waals surface area contributed by atoms with Crippen molar-refractivity contribution in [2.45, 2.75) is 19.9 Å². The predicted octanol–water partition coefficient (Wildman–Crippen LogP) is 1.40. The molecule has 0 bridgehead atoms. The minimum Gasteiger partial charge on any atom is -0.483 e.